The van der Waals surface area contributed by atoms with Crippen LogP contribution in [-0.4, -0.2) is 28.0 Å². The van der Waals surface area contributed by atoms with E-state index in [1.54, 1.807) is 4.90 Å². The summed E-state index contributed by atoms with van der Waals surface area (Å²) in [5, 5.41) is 4.03. The summed E-state index contributed by atoms with van der Waals surface area (Å²) in [6.07, 6.45) is 1.78. The van der Waals surface area contributed by atoms with Crippen LogP contribution in [0.4, 0.5) is 0 Å². The van der Waals surface area contributed by atoms with E-state index in [4.69, 9.17) is 4.52 Å². The number of hydrogen-bond acceptors (Lipinski definition) is 4. The predicted molar refractivity (Wildman–Crippen MR) is 105 cm³/mol. The second-order valence-electron chi connectivity index (χ2n) is 6.74. The lowest BCUT2D eigenvalue weighted by Gasteiger charge is -2.18. The summed E-state index contributed by atoms with van der Waals surface area (Å²) in [4.78, 5) is 18.6. The fourth-order valence-electron chi connectivity index (χ4n) is 2.90. The van der Waals surface area contributed by atoms with Gasteiger partial charge in [0.1, 0.15) is 0 Å². The molecule has 0 unspecified atom stereocenters. The van der Waals surface area contributed by atoms with Gasteiger partial charge in [0.25, 0.3) is 0 Å². The van der Waals surface area contributed by atoms with Crippen molar-refractivity contribution in [2.75, 3.05) is 7.05 Å². The van der Waals surface area contributed by atoms with Gasteiger partial charge in [-0.05, 0) is 30.0 Å². The maximum Gasteiger partial charge on any atom is 0.227 e. The minimum absolute atomic E-state index is 0.0605. The topological polar surface area (TPSA) is 59.2 Å². The first-order valence-electron chi connectivity index (χ1n) is 9.27. The Morgan fingerprint density at radius 2 is 1.85 bits per heavy atom. The average molecular weight is 363 g/mol. The molecule has 0 N–H and O–H groups in total. The second-order valence-corrected chi connectivity index (χ2v) is 6.74. The first kappa shape index (κ1) is 18.8. The van der Waals surface area contributed by atoms with Crippen molar-refractivity contribution in [3.8, 4) is 11.4 Å². The maximum absolute atomic E-state index is 12.4. The fraction of sp³-hybridized carbons (Fsp3) is 0.318. The third kappa shape index (κ3) is 4.82. The summed E-state index contributed by atoms with van der Waals surface area (Å²) in [6, 6.07) is 16.2. The molecule has 0 aliphatic heterocycles. The molecule has 0 aliphatic carbocycles. The van der Waals surface area contributed by atoms with Crippen molar-refractivity contribution in [2.45, 2.75) is 39.7 Å². The van der Waals surface area contributed by atoms with Crippen molar-refractivity contribution in [3.05, 3.63) is 71.1 Å². The third-order valence-corrected chi connectivity index (χ3v) is 4.74. The Balaban J connectivity index is 1.56. The van der Waals surface area contributed by atoms with Crippen LogP contribution in [0.2, 0.25) is 0 Å². The molecule has 3 rings (SSSR count). The molecule has 0 aliphatic rings. The molecule has 1 aromatic heterocycles. The standard InChI is InChI=1S/C22H25N3O2/c1-4-17-9-11-18(12-10-17)22-23-20(27-24-22)13-14-21(26)25(3)15-19-8-6-5-7-16(19)2/h5-12H,4,13-15H2,1-3H3. The van der Waals surface area contributed by atoms with Gasteiger partial charge in [0.05, 0.1) is 0 Å². The van der Waals surface area contributed by atoms with Gasteiger partial charge in [-0.25, -0.2) is 0 Å². The molecule has 5 heteroatoms. The second kappa shape index (κ2) is 8.62. The molecular weight excluding hydrogens is 338 g/mol. The number of nitrogens with zero attached hydrogens (tertiary/aromatic N) is 3. The number of carbonyl (C=O) groups excluding carboxylic acids is 1. The van der Waals surface area contributed by atoms with Crippen LogP contribution in [-0.2, 0) is 24.2 Å². The molecule has 140 valence electrons. The first-order valence-corrected chi connectivity index (χ1v) is 9.27. The minimum Gasteiger partial charge on any atom is -0.341 e. The van der Waals surface area contributed by atoms with Gasteiger partial charge in [-0.3, -0.25) is 4.79 Å². The smallest absolute Gasteiger partial charge is 0.227 e. The molecule has 0 radical (unpaired) electrons. The minimum atomic E-state index is 0.0605. The van der Waals surface area contributed by atoms with Gasteiger partial charge < -0.3 is 9.42 Å². The molecule has 0 saturated carbocycles. The monoisotopic (exact) mass is 363 g/mol. The van der Waals surface area contributed by atoms with Crippen molar-refractivity contribution >= 4 is 5.91 Å². The van der Waals surface area contributed by atoms with Gasteiger partial charge >= 0.3 is 0 Å². The summed E-state index contributed by atoms with van der Waals surface area (Å²) in [6.45, 7) is 4.78. The Labute approximate surface area is 160 Å². The molecule has 0 saturated heterocycles. The van der Waals surface area contributed by atoms with E-state index in [9.17, 15) is 4.79 Å². The molecular formula is C22H25N3O2. The van der Waals surface area contributed by atoms with E-state index >= 15 is 0 Å². The normalized spacial score (nSPS) is 10.8. The summed E-state index contributed by atoms with van der Waals surface area (Å²) in [5.74, 6) is 1.11. The third-order valence-electron chi connectivity index (χ3n) is 4.74. The van der Waals surface area contributed by atoms with Crippen LogP contribution < -0.4 is 0 Å². The van der Waals surface area contributed by atoms with Gasteiger partial charge in [0.2, 0.25) is 17.6 Å². The number of carbonyl (C=O) groups is 1. The van der Waals surface area contributed by atoms with Crippen molar-refractivity contribution < 1.29 is 9.32 Å². The highest BCUT2D eigenvalue weighted by molar-refractivity contribution is 5.76. The largest absolute Gasteiger partial charge is 0.341 e. The number of hydrogen-bond donors (Lipinski definition) is 0. The predicted octanol–water partition coefficient (Wildman–Crippen LogP) is 4.20. The quantitative estimate of drug-likeness (QED) is 0.631. The molecule has 0 atom stereocenters. The highest BCUT2D eigenvalue weighted by Gasteiger charge is 2.14. The number of amides is 1. The van der Waals surface area contributed by atoms with Crippen LogP contribution in [0.5, 0.6) is 0 Å². The maximum atomic E-state index is 12.4. The lowest BCUT2D eigenvalue weighted by molar-refractivity contribution is -0.130. The lowest BCUT2D eigenvalue weighted by Crippen LogP contribution is -2.26. The van der Waals surface area contributed by atoms with E-state index < -0.39 is 0 Å². The van der Waals surface area contributed by atoms with Crippen LogP contribution in [0.1, 0.15) is 35.9 Å². The molecule has 1 amide bonds. The highest BCUT2D eigenvalue weighted by atomic mass is 16.5. The van der Waals surface area contributed by atoms with Crippen LogP contribution in [0.25, 0.3) is 11.4 Å². The van der Waals surface area contributed by atoms with Crippen LogP contribution in [0.3, 0.4) is 0 Å². The molecule has 27 heavy (non-hydrogen) atoms. The summed E-state index contributed by atoms with van der Waals surface area (Å²) < 4.78 is 5.31. The molecule has 0 spiro atoms. The summed E-state index contributed by atoms with van der Waals surface area (Å²) in [5.41, 5.74) is 4.53. The Morgan fingerprint density at radius 1 is 1.11 bits per heavy atom. The Kier molecular flexibility index (Phi) is 6.01. The zero-order valence-electron chi connectivity index (χ0n) is 16.1. The van der Waals surface area contributed by atoms with Crippen LogP contribution in [0, 0.1) is 6.92 Å². The summed E-state index contributed by atoms with van der Waals surface area (Å²) in [7, 11) is 1.82. The number of aryl methyl sites for hydroxylation is 3. The molecule has 2 aromatic carbocycles. The first-order chi connectivity index (χ1) is 13.1. The summed E-state index contributed by atoms with van der Waals surface area (Å²) >= 11 is 0. The van der Waals surface area contributed by atoms with Gasteiger partial charge in [-0.1, -0.05) is 60.6 Å². The SMILES string of the molecule is CCc1ccc(-c2noc(CCC(=O)N(C)Cc3ccccc3C)n2)cc1. The van der Waals surface area contributed by atoms with E-state index in [1.165, 1.54) is 11.1 Å². The van der Waals surface area contributed by atoms with Gasteiger partial charge in [-0.15, -0.1) is 0 Å². The zero-order valence-corrected chi connectivity index (χ0v) is 16.1. The molecule has 5 nitrogen and oxygen atoms in total. The molecule has 0 bridgehead atoms. The van der Waals surface area contributed by atoms with E-state index in [2.05, 4.69) is 42.2 Å². The molecule has 0 fully saturated rings. The van der Waals surface area contributed by atoms with Crippen molar-refractivity contribution in [2.24, 2.45) is 0 Å². The fourth-order valence-corrected chi connectivity index (χ4v) is 2.90. The van der Waals surface area contributed by atoms with Crippen molar-refractivity contribution in [3.63, 3.8) is 0 Å². The molecule has 1 heterocycles. The number of rotatable bonds is 7. The average Bonchev–Trinajstić information content (AvgIpc) is 3.17. The highest BCUT2D eigenvalue weighted by Crippen LogP contribution is 2.18. The lowest BCUT2D eigenvalue weighted by atomic mass is 10.1. The van der Waals surface area contributed by atoms with Gasteiger partial charge in [0, 0.05) is 32.0 Å². The van der Waals surface area contributed by atoms with E-state index in [1.807, 2.05) is 37.4 Å². The van der Waals surface area contributed by atoms with Crippen LogP contribution in [0.15, 0.2) is 53.1 Å². The van der Waals surface area contributed by atoms with Crippen molar-refractivity contribution in [1.29, 1.82) is 0 Å². The van der Waals surface area contributed by atoms with Crippen LogP contribution >= 0.6 is 0 Å². The van der Waals surface area contributed by atoms with E-state index in [0.29, 0.717) is 31.1 Å². The van der Waals surface area contributed by atoms with Crippen molar-refractivity contribution in [1.82, 2.24) is 15.0 Å². The van der Waals surface area contributed by atoms with Gasteiger partial charge in [0.15, 0.2) is 0 Å². The Bertz CT molecular complexity index is 900. The van der Waals surface area contributed by atoms with Gasteiger partial charge in [-0.2, -0.15) is 4.98 Å². The molecule has 3 aromatic rings. The Hall–Kier alpha value is -2.95. The Morgan fingerprint density at radius 3 is 2.56 bits per heavy atom. The number of aromatic nitrogens is 2. The van der Waals surface area contributed by atoms with E-state index in [-0.39, 0.29) is 5.91 Å². The number of benzene rings is 2. The zero-order chi connectivity index (χ0) is 19.2. The van der Waals surface area contributed by atoms with E-state index in [0.717, 1.165) is 17.5 Å².